The van der Waals surface area contributed by atoms with Crippen LogP contribution in [0.5, 0.6) is 0 Å². The van der Waals surface area contributed by atoms with Crippen molar-refractivity contribution < 1.29 is 9.50 Å². The third-order valence-electron chi connectivity index (χ3n) is 2.62. The Morgan fingerprint density at radius 3 is 2.61 bits per heavy atom. The van der Waals surface area contributed by atoms with Crippen LogP contribution in [0, 0.1) is 5.82 Å². The highest BCUT2D eigenvalue weighted by Gasteiger charge is 2.18. The number of nitrogen functional groups attached to an aromatic ring is 1. The first kappa shape index (κ1) is 13.3. The number of anilines is 1. The van der Waals surface area contributed by atoms with Crippen LogP contribution >= 0.6 is 27.5 Å². The minimum Gasteiger partial charge on any atom is -0.398 e. The number of aliphatic hydroxyl groups is 1. The molecule has 0 saturated carbocycles. The summed E-state index contributed by atoms with van der Waals surface area (Å²) in [4.78, 5) is 0. The first-order valence-electron chi connectivity index (χ1n) is 5.17. The van der Waals surface area contributed by atoms with Crippen LogP contribution in [-0.2, 0) is 0 Å². The standard InChI is InChI=1S/C13H10BrClFNO/c14-10-3-1-2-9(12(10)16)13(18)8-5-4-7(15)6-11(8)17/h1-6,13,18H,17H2. The molecule has 5 heteroatoms. The van der Waals surface area contributed by atoms with Gasteiger partial charge < -0.3 is 10.8 Å². The smallest absolute Gasteiger partial charge is 0.143 e. The molecule has 0 amide bonds. The molecule has 2 nitrogen and oxygen atoms in total. The Balaban J connectivity index is 2.48. The van der Waals surface area contributed by atoms with Gasteiger partial charge in [-0.3, -0.25) is 0 Å². The van der Waals surface area contributed by atoms with Crippen LogP contribution in [-0.4, -0.2) is 5.11 Å². The highest BCUT2D eigenvalue weighted by Crippen LogP contribution is 2.32. The van der Waals surface area contributed by atoms with E-state index >= 15 is 0 Å². The Hall–Kier alpha value is -1.10. The SMILES string of the molecule is Nc1cc(Cl)ccc1C(O)c1cccc(Br)c1F. The van der Waals surface area contributed by atoms with Crippen LogP contribution < -0.4 is 5.73 Å². The van der Waals surface area contributed by atoms with Gasteiger partial charge in [-0.25, -0.2) is 4.39 Å². The lowest BCUT2D eigenvalue weighted by atomic mass is 10.00. The molecule has 2 rings (SSSR count). The van der Waals surface area contributed by atoms with Crippen LogP contribution in [0.2, 0.25) is 5.02 Å². The quantitative estimate of drug-likeness (QED) is 0.820. The highest BCUT2D eigenvalue weighted by atomic mass is 79.9. The third kappa shape index (κ3) is 2.51. The molecule has 0 aromatic heterocycles. The molecule has 0 spiro atoms. The van der Waals surface area contributed by atoms with Gasteiger partial charge in [0.1, 0.15) is 11.9 Å². The molecule has 0 bridgehead atoms. The van der Waals surface area contributed by atoms with Crippen LogP contribution in [0.25, 0.3) is 0 Å². The second-order valence-electron chi connectivity index (χ2n) is 3.82. The maximum atomic E-state index is 13.9. The van der Waals surface area contributed by atoms with E-state index in [2.05, 4.69) is 15.9 Å². The molecule has 2 aromatic rings. The number of hydrogen-bond acceptors (Lipinski definition) is 2. The van der Waals surface area contributed by atoms with E-state index < -0.39 is 11.9 Å². The normalized spacial score (nSPS) is 12.4. The summed E-state index contributed by atoms with van der Waals surface area (Å²) in [5, 5.41) is 10.7. The zero-order chi connectivity index (χ0) is 13.3. The fraction of sp³-hybridized carbons (Fsp3) is 0.0769. The molecule has 0 aliphatic rings. The predicted molar refractivity (Wildman–Crippen MR) is 74.0 cm³/mol. The van der Waals surface area contributed by atoms with E-state index in [0.717, 1.165) is 0 Å². The summed E-state index contributed by atoms with van der Waals surface area (Å²) in [5.74, 6) is -0.501. The van der Waals surface area contributed by atoms with Gasteiger partial charge in [-0.15, -0.1) is 0 Å². The summed E-state index contributed by atoms with van der Waals surface area (Å²) >= 11 is 8.86. The highest BCUT2D eigenvalue weighted by molar-refractivity contribution is 9.10. The van der Waals surface area contributed by atoms with Crippen LogP contribution in [0.15, 0.2) is 40.9 Å². The zero-order valence-electron chi connectivity index (χ0n) is 9.20. The van der Waals surface area contributed by atoms with E-state index in [9.17, 15) is 9.50 Å². The molecule has 0 radical (unpaired) electrons. The van der Waals surface area contributed by atoms with Gasteiger partial charge in [0.2, 0.25) is 0 Å². The fourth-order valence-corrected chi connectivity index (χ4v) is 2.26. The first-order valence-corrected chi connectivity index (χ1v) is 6.34. The lowest BCUT2D eigenvalue weighted by molar-refractivity contribution is 0.215. The Kier molecular flexibility index (Phi) is 3.90. The molecular formula is C13H10BrClFNO. The van der Waals surface area contributed by atoms with Gasteiger partial charge in [0, 0.05) is 21.8 Å². The number of nitrogens with two attached hydrogens (primary N) is 1. The number of halogens is 3. The number of benzene rings is 2. The summed E-state index contributed by atoms with van der Waals surface area (Å²) in [6.45, 7) is 0. The van der Waals surface area contributed by atoms with E-state index in [1.54, 1.807) is 24.3 Å². The van der Waals surface area contributed by atoms with Crippen LogP contribution in [0.3, 0.4) is 0 Å². The van der Waals surface area contributed by atoms with Gasteiger partial charge in [0.05, 0.1) is 4.47 Å². The molecule has 18 heavy (non-hydrogen) atoms. The van der Waals surface area contributed by atoms with Crippen molar-refractivity contribution in [2.45, 2.75) is 6.10 Å². The van der Waals surface area contributed by atoms with Crippen molar-refractivity contribution in [3.63, 3.8) is 0 Å². The summed E-state index contributed by atoms with van der Waals surface area (Å²) in [6.07, 6.45) is -1.13. The molecule has 2 aromatic carbocycles. The van der Waals surface area contributed by atoms with Crippen molar-refractivity contribution in [1.82, 2.24) is 0 Å². The molecule has 3 N–H and O–H groups in total. The lowest BCUT2D eigenvalue weighted by Crippen LogP contribution is -2.06. The Labute approximate surface area is 117 Å². The average molecular weight is 331 g/mol. The molecule has 0 aliphatic carbocycles. The minimum absolute atomic E-state index is 0.165. The van der Waals surface area contributed by atoms with Gasteiger partial charge in [0.25, 0.3) is 0 Å². The maximum Gasteiger partial charge on any atom is 0.143 e. The number of hydrogen-bond donors (Lipinski definition) is 2. The molecule has 0 heterocycles. The molecule has 0 saturated heterocycles. The Bertz CT molecular complexity index is 591. The molecule has 1 unspecified atom stereocenters. The molecule has 1 atom stereocenters. The van der Waals surface area contributed by atoms with Gasteiger partial charge in [-0.05, 0) is 34.1 Å². The lowest BCUT2D eigenvalue weighted by Gasteiger charge is -2.15. The topological polar surface area (TPSA) is 46.2 Å². The summed E-state index contributed by atoms with van der Waals surface area (Å²) < 4.78 is 14.2. The van der Waals surface area contributed by atoms with Gasteiger partial charge >= 0.3 is 0 Å². The van der Waals surface area contributed by atoms with E-state index in [4.69, 9.17) is 17.3 Å². The van der Waals surface area contributed by atoms with Gasteiger partial charge in [-0.2, -0.15) is 0 Å². The average Bonchev–Trinajstić information content (AvgIpc) is 2.32. The largest absolute Gasteiger partial charge is 0.398 e. The predicted octanol–water partition coefficient (Wildman–Crippen LogP) is 3.91. The Morgan fingerprint density at radius 2 is 1.94 bits per heavy atom. The van der Waals surface area contributed by atoms with E-state index in [0.29, 0.717) is 20.7 Å². The van der Waals surface area contributed by atoms with E-state index in [1.165, 1.54) is 12.1 Å². The van der Waals surface area contributed by atoms with E-state index in [1.807, 2.05) is 0 Å². The van der Waals surface area contributed by atoms with Gasteiger partial charge in [0.15, 0.2) is 0 Å². The van der Waals surface area contributed by atoms with Crippen LogP contribution in [0.1, 0.15) is 17.2 Å². The fourth-order valence-electron chi connectivity index (χ4n) is 1.69. The number of rotatable bonds is 2. The minimum atomic E-state index is -1.13. The number of aliphatic hydroxyl groups excluding tert-OH is 1. The second kappa shape index (κ2) is 5.26. The van der Waals surface area contributed by atoms with E-state index in [-0.39, 0.29) is 5.56 Å². The maximum absolute atomic E-state index is 13.9. The van der Waals surface area contributed by atoms with Gasteiger partial charge in [-0.1, -0.05) is 29.8 Å². The molecule has 0 fully saturated rings. The zero-order valence-corrected chi connectivity index (χ0v) is 11.5. The molecule has 0 aliphatic heterocycles. The summed E-state index contributed by atoms with van der Waals surface area (Å²) in [6, 6.07) is 9.44. The van der Waals surface area contributed by atoms with Crippen molar-refractivity contribution in [3.05, 3.63) is 62.8 Å². The molecule has 94 valence electrons. The molecular weight excluding hydrogens is 321 g/mol. The first-order chi connectivity index (χ1) is 8.50. The van der Waals surface area contributed by atoms with Crippen molar-refractivity contribution in [1.29, 1.82) is 0 Å². The third-order valence-corrected chi connectivity index (χ3v) is 3.47. The van der Waals surface area contributed by atoms with Crippen molar-refractivity contribution in [2.75, 3.05) is 5.73 Å². The second-order valence-corrected chi connectivity index (χ2v) is 5.11. The monoisotopic (exact) mass is 329 g/mol. The van der Waals surface area contributed by atoms with Crippen molar-refractivity contribution in [2.24, 2.45) is 0 Å². The Morgan fingerprint density at radius 1 is 1.22 bits per heavy atom. The van der Waals surface area contributed by atoms with Crippen LogP contribution in [0.4, 0.5) is 10.1 Å². The van der Waals surface area contributed by atoms with Crippen molar-refractivity contribution >= 4 is 33.2 Å². The van der Waals surface area contributed by atoms with Crippen molar-refractivity contribution in [3.8, 4) is 0 Å². The summed E-state index contributed by atoms with van der Waals surface area (Å²) in [5.41, 5.74) is 6.69. The summed E-state index contributed by atoms with van der Waals surface area (Å²) in [7, 11) is 0.